The van der Waals surface area contributed by atoms with Crippen LogP contribution >= 0.6 is 0 Å². The molecule has 212 valence electrons. The van der Waals surface area contributed by atoms with Gasteiger partial charge in [0.05, 0.1) is 6.04 Å². The van der Waals surface area contributed by atoms with Crippen molar-refractivity contribution in [2.24, 2.45) is 0 Å². The minimum atomic E-state index is 0.111. The Hall–Kier alpha value is -2.48. The van der Waals surface area contributed by atoms with E-state index in [1.165, 1.54) is 11.4 Å². The molecular formula is C32H49N7. The predicted molar refractivity (Wildman–Crippen MR) is 162 cm³/mol. The fraction of sp³-hybridized carbons (Fsp3) is 0.625. The average Bonchev–Trinajstić information content (AvgIpc) is 3.29. The van der Waals surface area contributed by atoms with Crippen molar-refractivity contribution in [1.29, 1.82) is 0 Å². The van der Waals surface area contributed by atoms with E-state index in [4.69, 9.17) is 9.97 Å². The maximum absolute atomic E-state index is 5.19. The van der Waals surface area contributed by atoms with E-state index in [0.29, 0.717) is 24.2 Å². The quantitative estimate of drug-likeness (QED) is 0.365. The molecular weight excluding hydrogens is 482 g/mol. The Morgan fingerprint density at radius 1 is 1.00 bits per heavy atom. The molecule has 2 fully saturated rings. The standard InChI is InChI=1S/C32H49N7/c1-7-12-28(38-21-23(3)33-24(4)22-38)31-35-27-15-16-29(36-30(27)39(31)8-2)34-26-17-19-32(20-18-26,37(5)6)25-13-10-9-11-14-25/h9-11,13-16,23-24,26,28,33H,7-8,12,17-22H2,1-6H3,(H,34,36)/t23-,24+,26?,28?,32?. The number of nitrogens with zero attached hydrogens (tertiary/aromatic N) is 5. The number of benzene rings is 1. The Morgan fingerprint density at radius 2 is 1.69 bits per heavy atom. The third-order valence-electron chi connectivity index (χ3n) is 9.16. The zero-order valence-electron chi connectivity index (χ0n) is 25.0. The van der Waals surface area contributed by atoms with Crippen molar-refractivity contribution in [2.45, 2.75) is 102 Å². The molecule has 0 bridgehead atoms. The molecule has 3 heterocycles. The van der Waals surface area contributed by atoms with Crippen LogP contribution < -0.4 is 10.6 Å². The highest BCUT2D eigenvalue weighted by Gasteiger charge is 2.39. The van der Waals surface area contributed by atoms with Gasteiger partial charge in [-0.2, -0.15) is 0 Å². The minimum absolute atomic E-state index is 0.111. The van der Waals surface area contributed by atoms with E-state index in [1.54, 1.807) is 0 Å². The maximum atomic E-state index is 5.19. The highest BCUT2D eigenvalue weighted by atomic mass is 15.3. The van der Waals surface area contributed by atoms with Gasteiger partial charge in [0.2, 0.25) is 0 Å². The second-order valence-corrected chi connectivity index (χ2v) is 12.2. The zero-order chi connectivity index (χ0) is 27.6. The van der Waals surface area contributed by atoms with Crippen LogP contribution in [0.15, 0.2) is 42.5 Å². The Balaban J connectivity index is 1.35. The van der Waals surface area contributed by atoms with Crippen LogP contribution in [0.25, 0.3) is 11.2 Å². The summed E-state index contributed by atoms with van der Waals surface area (Å²) in [4.78, 5) is 15.4. The van der Waals surface area contributed by atoms with E-state index in [0.717, 1.165) is 75.1 Å². The summed E-state index contributed by atoms with van der Waals surface area (Å²) < 4.78 is 2.37. The summed E-state index contributed by atoms with van der Waals surface area (Å²) in [7, 11) is 4.46. The molecule has 7 nitrogen and oxygen atoms in total. The van der Waals surface area contributed by atoms with Gasteiger partial charge in [0.25, 0.3) is 0 Å². The van der Waals surface area contributed by atoms with Gasteiger partial charge in [-0.05, 0) is 84.7 Å². The number of imidazole rings is 1. The molecule has 0 spiro atoms. The summed E-state index contributed by atoms with van der Waals surface area (Å²) >= 11 is 0. The lowest BCUT2D eigenvalue weighted by atomic mass is 9.74. The molecule has 1 aliphatic heterocycles. The lowest BCUT2D eigenvalue weighted by Gasteiger charge is -2.45. The number of hydrogen-bond acceptors (Lipinski definition) is 6. The fourth-order valence-electron chi connectivity index (χ4n) is 7.23. The molecule has 1 unspecified atom stereocenters. The molecule has 39 heavy (non-hydrogen) atoms. The zero-order valence-corrected chi connectivity index (χ0v) is 25.0. The monoisotopic (exact) mass is 531 g/mol. The van der Waals surface area contributed by atoms with Crippen LogP contribution in [-0.4, -0.2) is 69.6 Å². The number of aryl methyl sites for hydroxylation is 1. The molecule has 5 rings (SSSR count). The molecule has 1 saturated carbocycles. The first-order valence-corrected chi connectivity index (χ1v) is 15.2. The highest BCUT2D eigenvalue weighted by molar-refractivity contribution is 5.74. The minimum Gasteiger partial charge on any atom is -0.367 e. The van der Waals surface area contributed by atoms with Gasteiger partial charge < -0.3 is 15.2 Å². The summed E-state index contributed by atoms with van der Waals surface area (Å²) in [5, 5.41) is 7.49. The molecule has 1 aliphatic carbocycles. The predicted octanol–water partition coefficient (Wildman–Crippen LogP) is 5.79. The maximum Gasteiger partial charge on any atom is 0.162 e. The molecule has 7 heteroatoms. The van der Waals surface area contributed by atoms with E-state index in [1.807, 2.05) is 0 Å². The van der Waals surface area contributed by atoms with Crippen LogP contribution in [0.3, 0.4) is 0 Å². The lowest BCUT2D eigenvalue weighted by Crippen LogP contribution is -2.55. The van der Waals surface area contributed by atoms with Crippen LogP contribution in [0.1, 0.15) is 83.6 Å². The first-order valence-electron chi connectivity index (χ1n) is 15.2. The van der Waals surface area contributed by atoms with E-state index < -0.39 is 0 Å². The third kappa shape index (κ3) is 5.72. The SMILES string of the molecule is CCCC(c1nc2ccc(NC3CCC(c4ccccc4)(N(C)C)CC3)nc2n1CC)N1C[C@@H](C)N[C@@H](C)C1. The van der Waals surface area contributed by atoms with Gasteiger partial charge in [0.1, 0.15) is 17.2 Å². The number of rotatable bonds is 9. The van der Waals surface area contributed by atoms with Crippen molar-refractivity contribution in [1.82, 2.24) is 29.7 Å². The summed E-state index contributed by atoms with van der Waals surface area (Å²) in [5.41, 5.74) is 3.56. The van der Waals surface area contributed by atoms with Gasteiger partial charge in [-0.1, -0.05) is 43.7 Å². The van der Waals surface area contributed by atoms with E-state index in [9.17, 15) is 0 Å². The molecule has 2 aromatic heterocycles. The first-order chi connectivity index (χ1) is 18.8. The van der Waals surface area contributed by atoms with Crippen molar-refractivity contribution in [3.63, 3.8) is 0 Å². The highest BCUT2D eigenvalue weighted by Crippen LogP contribution is 2.41. The first kappa shape index (κ1) is 28.1. The molecule has 2 N–H and O–H groups in total. The number of anilines is 1. The molecule has 3 aromatic rings. The summed E-state index contributed by atoms with van der Waals surface area (Å²) in [6.45, 7) is 12.1. The Bertz CT molecular complexity index is 1200. The molecule has 1 aromatic carbocycles. The number of aromatic nitrogens is 3. The molecule has 1 saturated heterocycles. The molecule has 0 radical (unpaired) electrons. The van der Waals surface area contributed by atoms with Gasteiger partial charge in [-0.25, -0.2) is 9.97 Å². The average molecular weight is 532 g/mol. The number of piperazine rings is 1. The van der Waals surface area contributed by atoms with Gasteiger partial charge in [-0.3, -0.25) is 9.80 Å². The second kappa shape index (κ2) is 11.9. The summed E-state index contributed by atoms with van der Waals surface area (Å²) in [6.07, 6.45) is 6.79. The van der Waals surface area contributed by atoms with Crippen molar-refractivity contribution < 1.29 is 0 Å². The Labute approximate surface area is 235 Å². The van der Waals surface area contributed by atoms with Crippen LogP contribution in [-0.2, 0) is 12.1 Å². The smallest absolute Gasteiger partial charge is 0.162 e. The van der Waals surface area contributed by atoms with Crippen LogP contribution in [0.4, 0.5) is 5.82 Å². The molecule has 3 atom stereocenters. The number of hydrogen-bond donors (Lipinski definition) is 2. The lowest BCUT2D eigenvalue weighted by molar-refractivity contribution is 0.0944. The van der Waals surface area contributed by atoms with Gasteiger partial charge in [0, 0.05) is 43.3 Å². The largest absolute Gasteiger partial charge is 0.367 e. The topological polar surface area (TPSA) is 61.3 Å². The van der Waals surface area contributed by atoms with Crippen LogP contribution in [0, 0.1) is 0 Å². The van der Waals surface area contributed by atoms with Crippen LogP contribution in [0.5, 0.6) is 0 Å². The molecule has 0 amide bonds. The second-order valence-electron chi connectivity index (χ2n) is 12.2. The van der Waals surface area contributed by atoms with Crippen molar-refractivity contribution in [2.75, 3.05) is 32.5 Å². The van der Waals surface area contributed by atoms with E-state index in [-0.39, 0.29) is 5.54 Å². The normalized spacial score (nSPS) is 27.2. The summed E-state index contributed by atoms with van der Waals surface area (Å²) in [6, 6.07) is 17.1. The fourth-order valence-corrected chi connectivity index (χ4v) is 7.23. The van der Waals surface area contributed by atoms with E-state index in [2.05, 4.69) is 109 Å². The Morgan fingerprint density at radius 3 is 2.31 bits per heavy atom. The number of fused-ring (bicyclic) bond motifs is 1. The van der Waals surface area contributed by atoms with E-state index >= 15 is 0 Å². The number of pyridine rings is 1. The van der Waals surface area contributed by atoms with Crippen molar-refractivity contribution >= 4 is 17.0 Å². The van der Waals surface area contributed by atoms with Gasteiger partial charge in [-0.15, -0.1) is 0 Å². The Kier molecular flexibility index (Phi) is 8.60. The third-order valence-corrected chi connectivity index (χ3v) is 9.16. The summed E-state index contributed by atoms with van der Waals surface area (Å²) in [5.74, 6) is 2.15. The van der Waals surface area contributed by atoms with Crippen molar-refractivity contribution in [3.8, 4) is 0 Å². The molecule has 2 aliphatic rings. The van der Waals surface area contributed by atoms with Crippen LogP contribution in [0.2, 0.25) is 0 Å². The number of nitrogens with one attached hydrogen (secondary N) is 2. The van der Waals surface area contributed by atoms with Gasteiger partial charge >= 0.3 is 0 Å². The van der Waals surface area contributed by atoms with Crippen molar-refractivity contribution in [3.05, 3.63) is 53.9 Å². The van der Waals surface area contributed by atoms with Gasteiger partial charge in [0.15, 0.2) is 5.65 Å².